The highest BCUT2D eigenvalue weighted by molar-refractivity contribution is 5.87. The van der Waals surface area contributed by atoms with E-state index in [9.17, 15) is 28.2 Å². The summed E-state index contributed by atoms with van der Waals surface area (Å²) in [6.07, 6.45) is -2.06. The number of rotatable bonds is 6. The fourth-order valence-corrected chi connectivity index (χ4v) is 5.12. The topological polar surface area (TPSA) is 62.5 Å². The summed E-state index contributed by atoms with van der Waals surface area (Å²) < 4.78 is 41.2. The van der Waals surface area contributed by atoms with Gasteiger partial charge in [-0.2, -0.15) is 13.2 Å². The van der Waals surface area contributed by atoms with Crippen molar-refractivity contribution in [2.24, 2.45) is 0 Å². The van der Waals surface area contributed by atoms with Crippen molar-refractivity contribution in [3.63, 3.8) is 0 Å². The van der Waals surface area contributed by atoms with Crippen molar-refractivity contribution >= 4 is 16.9 Å². The fourth-order valence-electron chi connectivity index (χ4n) is 5.12. The maximum absolute atomic E-state index is 13.1. The standard InChI is InChI=1S/C26H28F3NO3/c1-15(2)17-8-11-22-21(12-17)20-5-3-4-18(13-24(32)33)25(20)30(22)23(14-31)16-6-9-19(10-7-16)26(27,28)29/h6-12,15,18,23,31H,3-5,13-14H2,1-2H3,(H,32,33). The van der Waals surface area contributed by atoms with E-state index < -0.39 is 23.8 Å². The lowest BCUT2D eigenvalue weighted by Gasteiger charge is -2.28. The summed E-state index contributed by atoms with van der Waals surface area (Å²) in [5, 5.41) is 21.0. The number of aryl methyl sites for hydroxylation is 1. The molecule has 0 saturated heterocycles. The highest BCUT2D eigenvalue weighted by Crippen LogP contribution is 2.43. The molecule has 0 bridgehead atoms. The number of aromatic nitrogens is 1. The zero-order chi connectivity index (χ0) is 23.9. The molecule has 0 amide bonds. The summed E-state index contributed by atoms with van der Waals surface area (Å²) in [4.78, 5) is 11.6. The third-order valence-corrected chi connectivity index (χ3v) is 6.74. The van der Waals surface area contributed by atoms with E-state index in [1.165, 1.54) is 12.1 Å². The van der Waals surface area contributed by atoms with Crippen LogP contribution in [0.4, 0.5) is 13.2 Å². The predicted molar refractivity (Wildman–Crippen MR) is 121 cm³/mol. The van der Waals surface area contributed by atoms with Gasteiger partial charge >= 0.3 is 12.1 Å². The highest BCUT2D eigenvalue weighted by atomic mass is 19.4. The molecule has 33 heavy (non-hydrogen) atoms. The molecule has 1 aliphatic carbocycles. The third kappa shape index (κ3) is 4.38. The van der Waals surface area contributed by atoms with Gasteiger partial charge in [0.05, 0.1) is 24.6 Å². The molecule has 176 valence electrons. The van der Waals surface area contributed by atoms with Gasteiger partial charge in [-0.15, -0.1) is 0 Å². The lowest BCUT2D eigenvalue weighted by molar-refractivity contribution is -0.138. The molecule has 2 aromatic carbocycles. The fraction of sp³-hybridized carbons (Fsp3) is 0.423. The van der Waals surface area contributed by atoms with E-state index in [-0.39, 0.29) is 18.9 Å². The predicted octanol–water partition coefficient (Wildman–Crippen LogP) is 6.26. The number of carboxylic acid groups (broad SMARTS) is 1. The summed E-state index contributed by atoms with van der Waals surface area (Å²) in [5.41, 5.74) is 3.83. The minimum absolute atomic E-state index is 0.0223. The normalized spacial score (nSPS) is 17.4. The number of hydrogen-bond acceptors (Lipinski definition) is 2. The smallest absolute Gasteiger partial charge is 0.416 e. The van der Waals surface area contributed by atoms with Crippen LogP contribution in [0.15, 0.2) is 42.5 Å². The van der Waals surface area contributed by atoms with Crippen molar-refractivity contribution in [3.05, 3.63) is 70.4 Å². The molecule has 7 heteroatoms. The van der Waals surface area contributed by atoms with Crippen molar-refractivity contribution in [1.29, 1.82) is 0 Å². The van der Waals surface area contributed by atoms with Crippen molar-refractivity contribution < 1.29 is 28.2 Å². The average Bonchev–Trinajstić information content (AvgIpc) is 3.08. The summed E-state index contributed by atoms with van der Waals surface area (Å²) in [6, 6.07) is 10.4. The van der Waals surface area contributed by atoms with Gasteiger partial charge in [0.15, 0.2) is 0 Å². The van der Waals surface area contributed by atoms with Crippen LogP contribution in [0, 0.1) is 0 Å². The molecule has 4 rings (SSSR count). The van der Waals surface area contributed by atoms with Gasteiger partial charge in [-0.05, 0) is 66.1 Å². The second kappa shape index (κ2) is 8.86. The molecule has 3 aromatic rings. The quantitative estimate of drug-likeness (QED) is 0.457. The Bertz CT molecular complexity index is 1160. The number of alkyl halides is 3. The first kappa shape index (κ1) is 23.4. The molecule has 1 aromatic heterocycles. The number of halogens is 3. The Morgan fingerprint density at radius 3 is 2.36 bits per heavy atom. The minimum atomic E-state index is -4.44. The molecule has 2 unspecified atom stereocenters. The van der Waals surface area contributed by atoms with Gasteiger partial charge in [-0.25, -0.2) is 0 Å². The van der Waals surface area contributed by atoms with Gasteiger partial charge in [0.25, 0.3) is 0 Å². The second-order valence-electron chi connectivity index (χ2n) is 9.17. The average molecular weight is 460 g/mol. The highest BCUT2D eigenvalue weighted by Gasteiger charge is 2.33. The first-order chi connectivity index (χ1) is 15.6. The Balaban J connectivity index is 1.93. The maximum Gasteiger partial charge on any atom is 0.416 e. The number of carbonyl (C=O) groups is 1. The first-order valence-electron chi connectivity index (χ1n) is 11.3. The number of aliphatic hydroxyl groups excluding tert-OH is 1. The van der Waals surface area contributed by atoms with Crippen LogP contribution < -0.4 is 0 Å². The third-order valence-electron chi connectivity index (χ3n) is 6.74. The van der Waals surface area contributed by atoms with Crippen molar-refractivity contribution in [2.75, 3.05) is 6.61 Å². The lowest BCUT2D eigenvalue weighted by Crippen LogP contribution is -2.22. The van der Waals surface area contributed by atoms with Crippen LogP contribution >= 0.6 is 0 Å². The summed E-state index contributed by atoms with van der Waals surface area (Å²) in [5.74, 6) is -0.789. The molecule has 0 saturated carbocycles. The second-order valence-corrected chi connectivity index (χ2v) is 9.17. The molecule has 4 nitrogen and oxygen atoms in total. The largest absolute Gasteiger partial charge is 0.481 e. The van der Waals surface area contributed by atoms with Crippen LogP contribution in [-0.4, -0.2) is 27.4 Å². The Morgan fingerprint density at radius 1 is 1.12 bits per heavy atom. The Labute approximate surface area is 190 Å². The summed E-state index contributed by atoms with van der Waals surface area (Å²) >= 11 is 0. The Hall–Kier alpha value is -2.80. The van der Waals surface area contributed by atoms with Crippen molar-refractivity contribution in [1.82, 2.24) is 4.57 Å². The van der Waals surface area contributed by atoms with Crippen molar-refractivity contribution in [2.45, 2.75) is 63.6 Å². The molecule has 0 spiro atoms. The van der Waals surface area contributed by atoms with Crippen molar-refractivity contribution in [3.8, 4) is 0 Å². The summed E-state index contributed by atoms with van der Waals surface area (Å²) in [6.45, 7) is 3.90. The lowest BCUT2D eigenvalue weighted by atomic mass is 9.84. The van der Waals surface area contributed by atoms with E-state index >= 15 is 0 Å². The number of nitrogens with zero attached hydrogens (tertiary/aromatic N) is 1. The van der Waals surface area contributed by atoms with E-state index in [0.717, 1.165) is 59.1 Å². The molecule has 1 heterocycles. The van der Waals surface area contributed by atoms with Gasteiger partial charge < -0.3 is 14.8 Å². The van der Waals surface area contributed by atoms with Crippen LogP contribution in [0.5, 0.6) is 0 Å². The van der Waals surface area contributed by atoms with E-state index in [2.05, 4.69) is 19.9 Å². The molecule has 0 fully saturated rings. The molecule has 2 atom stereocenters. The molecule has 0 radical (unpaired) electrons. The molecular formula is C26H28F3NO3. The maximum atomic E-state index is 13.1. The number of hydrogen-bond donors (Lipinski definition) is 2. The van der Waals surface area contributed by atoms with E-state index in [1.807, 2.05) is 16.7 Å². The van der Waals surface area contributed by atoms with Gasteiger partial charge in [-0.3, -0.25) is 4.79 Å². The SMILES string of the molecule is CC(C)c1ccc2c(c1)c1c(n2C(CO)c2ccc(C(F)(F)F)cc2)C(CC(=O)O)CCC1. The number of aliphatic carboxylic acids is 1. The van der Waals surface area contributed by atoms with E-state index in [0.29, 0.717) is 11.5 Å². The molecule has 0 aliphatic heterocycles. The molecular weight excluding hydrogens is 431 g/mol. The van der Waals surface area contributed by atoms with Gasteiger partial charge in [0.2, 0.25) is 0 Å². The summed E-state index contributed by atoms with van der Waals surface area (Å²) in [7, 11) is 0. The Kier molecular flexibility index (Phi) is 6.27. The first-order valence-corrected chi connectivity index (χ1v) is 11.3. The van der Waals surface area contributed by atoms with Crippen LogP contribution in [0.2, 0.25) is 0 Å². The number of fused-ring (bicyclic) bond motifs is 3. The van der Waals surface area contributed by atoms with Crippen LogP contribution in [0.1, 0.15) is 78.9 Å². The number of benzene rings is 2. The Morgan fingerprint density at radius 2 is 1.79 bits per heavy atom. The number of aliphatic hydroxyl groups is 1. The van der Waals surface area contributed by atoms with Gasteiger partial charge in [-0.1, -0.05) is 32.0 Å². The van der Waals surface area contributed by atoms with Gasteiger partial charge in [0, 0.05) is 22.5 Å². The number of carboxylic acids is 1. The van der Waals surface area contributed by atoms with Crippen LogP contribution in [0.25, 0.3) is 10.9 Å². The van der Waals surface area contributed by atoms with E-state index in [4.69, 9.17) is 0 Å². The van der Waals surface area contributed by atoms with E-state index in [1.54, 1.807) is 0 Å². The zero-order valence-electron chi connectivity index (χ0n) is 18.7. The minimum Gasteiger partial charge on any atom is -0.481 e. The molecule has 1 aliphatic rings. The van der Waals surface area contributed by atoms with Gasteiger partial charge in [0.1, 0.15) is 0 Å². The zero-order valence-corrected chi connectivity index (χ0v) is 18.7. The molecule has 2 N–H and O–H groups in total. The monoisotopic (exact) mass is 459 g/mol. The van der Waals surface area contributed by atoms with Crippen LogP contribution in [0.3, 0.4) is 0 Å². The van der Waals surface area contributed by atoms with Crippen LogP contribution in [-0.2, 0) is 17.4 Å².